The quantitative estimate of drug-likeness (QED) is 0.323. The lowest BCUT2D eigenvalue weighted by Gasteiger charge is -2.51. The zero-order valence-corrected chi connectivity index (χ0v) is 26.0. The molecule has 1 aromatic heterocycles. The first kappa shape index (κ1) is 30.7. The fraction of sp³-hybridized carbons (Fsp3) is 0.361. The van der Waals surface area contributed by atoms with E-state index in [4.69, 9.17) is 4.74 Å². The normalized spacial score (nSPS) is 20.1. The number of carbonyl (C=O) groups excluding carboxylic acids is 1. The predicted octanol–water partition coefficient (Wildman–Crippen LogP) is 3.59. The number of ether oxygens (including phenoxy) is 1. The first-order valence-electron chi connectivity index (χ1n) is 15.7. The highest BCUT2D eigenvalue weighted by molar-refractivity contribution is 5.73. The van der Waals surface area contributed by atoms with Crippen LogP contribution in [-0.2, 0) is 15.1 Å². The molecule has 45 heavy (non-hydrogen) atoms. The van der Waals surface area contributed by atoms with Gasteiger partial charge in [-0.25, -0.2) is 4.79 Å². The molecule has 2 fully saturated rings. The van der Waals surface area contributed by atoms with Gasteiger partial charge < -0.3 is 9.64 Å². The van der Waals surface area contributed by atoms with Gasteiger partial charge in [0.05, 0.1) is 11.6 Å². The monoisotopic (exact) mass is 607 g/mol. The SMILES string of the molecule is CC(=O)N1CCCN(CC2CN(C(c3ccccc3)(c3ccccc3)c3ccccc3)CC(n3cc(C)c(=O)[nH]c3=O)O2)CC1. The van der Waals surface area contributed by atoms with Crippen LogP contribution in [0, 0.1) is 6.92 Å². The van der Waals surface area contributed by atoms with Gasteiger partial charge in [0.15, 0.2) is 6.23 Å². The van der Waals surface area contributed by atoms with E-state index in [-0.39, 0.29) is 12.0 Å². The molecule has 3 aromatic carbocycles. The van der Waals surface area contributed by atoms with Crippen molar-refractivity contribution >= 4 is 5.91 Å². The Labute approximate surface area is 263 Å². The minimum Gasteiger partial charge on any atom is -0.351 e. The summed E-state index contributed by atoms with van der Waals surface area (Å²) in [7, 11) is 0. The van der Waals surface area contributed by atoms with Crippen molar-refractivity contribution in [2.24, 2.45) is 0 Å². The molecule has 2 saturated heterocycles. The van der Waals surface area contributed by atoms with Crippen molar-refractivity contribution < 1.29 is 9.53 Å². The fourth-order valence-corrected chi connectivity index (χ4v) is 6.99. The third kappa shape index (κ3) is 6.29. The van der Waals surface area contributed by atoms with Crippen molar-refractivity contribution in [3.8, 4) is 0 Å². The van der Waals surface area contributed by atoms with Gasteiger partial charge in [0.25, 0.3) is 5.56 Å². The second-order valence-electron chi connectivity index (χ2n) is 12.1. The molecule has 0 bridgehead atoms. The van der Waals surface area contributed by atoms with Crippen molar-refractivity contribution in [3.63, 3.8) is 0 Å². The van der Waals surface area contributed by atoms with Gasteiger partial charge in [0.2, 0.25) is 5.91 Å². The molecule has 1 amide bonds. The third-order valence-corrected chi connectivity index (χ3v) is 9.15. The summed E-state index contributed by atoms with van der Waals surface area (Å²) in [5.74, 6) is 0.100. The summed E-state index contributed by atoms with van der Waals surface area (Å²) in [5.41, 5.74) is 2.19. The van der Waals surface area contributed by atoms with Crippen LogP contribution in [0.2, 0.25) is 0 Å². The molecule has 0 aliphatic carbocycles. The van der Waals surface area contributed by atoms with E-state index < -0.39 is 23.0 Å². The molecule has 4 aromatic rings. The molecule has 0 radical (unpaired) electrons. The van der Waals surface area contributed by atoms with Crippen LogP contribution in [-0.4, -0.2) is 82.1 Å². The summed E-state index contributed by atoms with van der Waals surface area (Å²) in [6, 6.07) is 31.5. The van der Waals surface area contributed by atoms with Crippen molar-refractivity contribution in [1.82, 2.24) is 24.3 Å². The van der Waals surface area contributed by atoms with E-state index in [1.165, 1.54) is 4.57 Å². The first-order chi connectivity index (χ1) is 21.9. The standard InChI is InChI=1S/C36H41N5O4/c1-27-23-41(35(44)37-34(27)43)33-26-40(25-32(45-33)24-38-19-12-20-39(22-21-38)28(2)42)36(29-13-6-3-7-14-29,30-15-8-4-9-16-30)31-17-10-5-11-18-31/h3-11,13-18,23,32-33H,12,19-22,24-26H2,1-2H3,(H,37,43,44). The summed E-state index contributed by atoms with van der Waals surface area (Å²) in [6.07, 6.45) is 1.59. The number of aromatic nitrogens is 2. The number of H-pyrrole nitrogens is 1. The molecular weight excluding hydrogens is 566 g/mol. The summed E-state index contributed by atoms with van der Waals surface area (Å²) >= 11 is 0. The number of nitrogens with one attached hydrogen (secondary N) is 1. The molecule has 2 unspecified atom stereocenters. The molecule has 6 rings (SSSR count). The van der Waals surface area contributed by atoms with E-state index in [0.717, 1.165) is 42.7 Å². The van der Waals surface area contributed by atoms with Crippen LogP contribution in [0.4, 0.5) is 0 Å². The molecule has 9 heteroatoms. The Bertz CT molecular complexity index is 1610. The van der Waals surface area contributed by atoms with E-state index >= 15 is 0 Å². The highest BCUT2D eigenvalue weighted by Gasteiger charge is 2.46. The van der Waals surface area contributed by atoms with Crippen LogP contribution in [0.15, 0.2) is 107 Å². The number of carbonyl (C=O) groups is 1. The maximum absolute atomic E-state index is 13.3. The zero-order chi connectivity index (χ0) is 31.4. The van der Waals surface area contributed by atoms with Gasteiger partial charge in [-0.1, -0.05) is 91.0 Å². The Morgan fingerprint density at radius 3 is 1.96 bits per heavy atom. The van der Waals surface area contributed by atoms with Crippen molar-refractivity contribution in [1.29, 1.82) is 0 Å². The van der Waals surface area contributed by atoms with Gasteiger partial charge in [-0.15, -0.1) is 0 Å². The topological polar surface area (TPSA) is 90.9 Å². The van der Waals surface area contributed by atoms with Crippen LogP contribution in [0.3, 0.4) is 0 Å². The second kappa shape index (κ2) is 13.4. The molecule has 3 heterocycles. The Morgan fingerprint density at radius 2 is 1.40 bits per heavy atom. The average Bonchev–Trinajstić information content (AvgIpc) is 3.30. The minimum atomic E-state index is -0.699. The number of hydrogen-bond acceptors (Lipinski definition) is 6. The third-order valence-electron chi connectivity index (χ3n) is 9.15. The number of nitrogens with zero attached hydrogens (tertiary/aromatic N) is 4. The van der Waals surface area contributed by atoms with E-state index in [9.17, 15) is 14.4 Å². The number of hydrogen-bond donors (Lipinski definition) is 1. The Balaban J connectivity index is 1.48. The van der Waals surface area contributed by atoms with Crippen molar-refractivity contribution in [2.45, 2.75) is 38.1 Å². The predicted molar refractivity (Wildman–Crippen MR) is 174 cm³/mol. The van der Waals surface area contributed by atoms with Crippen LogP contribution in [0.1, 0.15) is 41.8 Å². The lowest BCUT2D eigenvalue weighted by atomic mass is 9.75. The number of benzene rings is 3. The molecule has 1 N–H and O–H groups in total. The highest BCUT2D eigenvalue weighted by Crippen LogP contribution is 2.44. The molecule has 0 saturated carbocycles. The summed E-state index contributed by atoms with van der Waals surface area (Å²) in [6.45, 7) is 8.00. The van der Waals surface area contributed by atoms with Gasteiger partial charge in [-0.3, -0.25) is 28.9 Å². The molecular formula is C36H41N5O4. The van der Waals surface area contributed by atoms with Gasteiger partial charge in [0.1, 0.15) is 0 Å². The van der Waals surface area contributed by atoms with E-state index in [1.807, 2.05) is 23.1 Å². The Morgan fingerprint density at radius 1 is 0.822 bits per heavy atom. The Hall–Kier alpha value is -4.31. The lowest BCUT2D eigenvalue weighted by molar-refractivity contribution is -0.145. The highest BCUT2D eigenvalue weighted by atomic mass is 16.5. The molecule has 2 atom stereocenters. The summed E-state index contributed by atoms with van der Waals surface area (Å²) in [5, 5.41) is 0. The Kier molecular flexibility index (Phi) is 9.11. The van der Waals surface area contributed by atoms with Gasteiger partial charge in [0, 0.05) is 58.0 Å². The molecule has 234 valence electrons. The average molecular weight is 608 g/mol. The molecule has 9 nitrogen and oxygen atoms in total. The van der Waals surface area contributed by atoms with Crippen LogP contribution >= 0.6 is 0 Å². The van der Waals surface area contributed by atoms with Crippen LogP contribution in [0.5, 0.6) is 0 Å². The number of aryl methyl sites for hydroxylation is 1. The smallest absolute Gasteiger partial charge is 0.330 e. The molecule has 0 spiro atoms. The van der Waals surface area contributed by atoms with Crippen LogP contribution in [0.25, 0.3) is 0 Å². The van der Waals surface area contributed by atoms with Crippen LogP contribution < -0.4 is 11.2 Å². The summed E-state index contributed by atoms with van der Waals surface area (Å²) in [4.78, 5) is 46.9. The minimum absolute atomic E-state index is 0.100. The van der Waals surface area contributed by atoms with Gasteiger partial charge in [-0.2, -0.15) is 0 Å². The first-order valence-corrected chi connectivity index (χ1v) is 15.7. The van der Waals surface area contributed by atoms with E-state index in [2.05, 4.69) is 87.6 Å². The van der Waals surface area contributed by atoms with E-state index in [0.29, 0.717) is 31.7 Å². The second-order valence-corrected chi connectivity index (χ2v) is 12.1. The zero-order valence-electron chi connectivity index (χ0n) is 26.0. The summed E-state index contributed by atoms with van der Waals surface area (Å²) < 4.78 is 8.31. The largest absolute Gasteiger partial charge is 0.351 e. The maximum atomic E-state index is 13.3. The molecule has 2 aliphatic rings. The number of rotatable bonds is 7. The van der Waals surface area contributed by atoms with Crippen molar-refractivity contribution in [2.75, 3.05) is 45.8 Å². The number of morpholine rings is 1. The van der Waals surface area contributed by atoms with E-state index in [1.54, 1.807) is 20.0 Å². The van der Waals surface area contributed by atoms with Gasteiger partial charge in [-0.05, 0) is 36.6 Å². The molecule has 2 aliphatic heterocycles. The number of aromatic amines is 1. The van der Waals surface area contributed by atoms with Crippen molar-refractivity contribution in [3.05, 3.63) is 140 Å². The van der Waals surface area contributed by atoms with Gasteiger partial charge >= 0.3 is 5.69 Å². The lowest BCUT2D eigenvalue weighted by Crippen LogP contribution is -2.59. The number of amides is 1. The maximum Gasteiger partial charge on any atom is 0.330 e. The fourth-order valence-electron chi connectivity index (χ4n) is 6.99.